The largest absolute Gasteiger partial charge is 0.465 e. The molecule has 0 saturated heterocycles. The van der Waals surface area contributed by atoms with Crippen molar-refractivity contribution in [3.63, 3.8) is 0 Å². The van der Waals surface area contributed by atoms with Gasteiger partial charge in [-0.2, -0.15) is 13.2 Å². The molecule has 0 aliphatic carbocycles. The van der Waals surface area contributed by atoms with Crippen LogP contribution in [0.3, 0.4) is 0 Å². The number of aliphatic imine (C=N–C) groups is 1. The van der Waals surface area contributed by atoms with Crippen LogP contribution in [-0.2, 0) is 16.2 Å². The standard InChI is InChI=1S/C27H38F3N5O5Si/c1-8-9-20(34-25(38)40-26(2,3)4)23-33-22(15-35(23)17-39-12-13-41(5,6)7)19-11-10-18(32-24(36)37)14-21(19)31-16-27(28,29)30/h8,10-11,14-16,20,32H,1,9,12-13,17H2,2-7H3,(H,34,38)(H,36,37)/t20-/m0/s1. The Morgan fingerprint density at radius 1 is 1.24 bits per heavy atom. The number of carbonyl (C=O) groups excluding carboxylic acids is 1. The number of imidazole rings is 1. The number of carboxylic acid groups (broad SMARTS) is 1. The van der Waals surface area contributed by atoms with Crippen LogP contribution in [0.4, 0.5) is 34.1 Å². The van der Waals surface area contributed by atoms with Gasteiger partial charge in [-0.3, -0.25) is 10.3 Å². The lowest BCUT2D eigenvalue weighted by Crippen LogP contribution is -2.36. The molecule has 1 aromatic carbocycles. The Hall–Kier alpha value is -3.65. The summed E-state index contributed by atoms with van der Waals surface area (Å²) in [7, 11) is -1.38. The summed E-state index contributed by atoms with van der Waals surface area (Å²) in [5.74, 6) is 0.359. The average molecular weight is 598 g/mol. The number of nitrogens with zero attached hydrogens (tertiary/aromatic N) is 3. The number of benzene rings is 1. The zero-order valence-electron chi connectivity index (χ0n) is 24.1. The first-order chi connectivity index (χ1) is 18.9. The average Bonchev–Trinajstić information content (AvgIpc) is 3.21. The first-order valence-electron chi connectivity index (χ1n) is 12.9. The minimum Gasteiger partial charge on any atom is -0.465 e. The minimum atomic E-state index is -4.70. The van der Waals surface area contributed by atoms with Crippen LogP contribution in [0, 0.1) is 0 Å². The molecule has 0 radical (unpaired) electrons. The highest BCUT2D eigenvalue weighted by Gasteiger charge is 2.26. The van der Waals surface area contributed by atoms with E-state index < -0.39 is 38.1 Å². The fraction of sp³-hybridized carbons (Fsp3) is 0.481. The van der Waals surface area contributed by atoms with Gasteiger partial charge in [0.05, 0.1) is 17.4 Å². The molecule has 2 amide bonds. The highest BCUT2D eigenvalue weighted by molar-refractivity contribution is 6.76. The second-order valence-electron chi connectivity index (χ2n) is 11.5. The Bertz CT molecular complexity index is 1250. The summed E-state index contributed by atoms with van der Waals surface area (Å²) in [4.78, 5) is 31.9. The number of carbonyl (C=O) groups is 2. The number of amides is 2. The van der Waals surface area contributed by atoms with Gasteiger partial charge in [-0.1, -0.05) is 25.7 Å². The number of rotatable bonds is 12. The van der Waals surface area contributed by atoms with E-state index in [2.05, 4.69) is 46.8 Å². The fourth-order valence-electron chi connectivity index (χ4n) is 3.53. The van der Waals surface area contributed by atoms with Gasteiger partial charge >= 0.3 is 18.4 Å². The molecular formula is C27H38F3N5O5Si. The quantitative estimate of drug-likeness (QED) is 0.102. The molecule has 0 fully saturated rings. The molecule has 0 bridgehead atoms. The summed E-state index contributed by atoms with van der Waals surface area (Å²) in [6.45, 7) is 16.2. The number of halogens is 3. The molecule has 1 heterocycles. The van der Waals surface area contributed by atoms with Crippen molar-refractivity contribution in [2.24, 2.45) is 4.99 Å². The number of alkyl carbamates (subject to hydrolysis) is 1. The number of anilines is 1. The summed E-state index contributed by atoms with van der Waals surface area (Å²) < 4.78 is 51.9. The Balaban J connectivity index is 2.58. The Morgan fingerprint density at radius 3 is 2.49 bits per heavy atom. The third kappa shape index (κ3) is 12.2. The van der Waals surface area contributed by atoms with Crippen molar-refractivity contribution in [3.05, 3.63) is 42.9 Å². The van der Waals surface area contributed by atoms with Gasteiger partial charge in [-0.05, 0) is 51.4 Å². The van der Waals surface area contributed by atoms with Crippen LogP contribution >= 0.6 is 0 Å². The Labute approximate surface area is 238 Å². The van der Waals surface area contributed by atoms with Crippen molar-refractivity contribution < 1.29 is 37.3 Å². The second-order valence-corrected chi connectivity index (χ2v) is 17.1. The SMILES string of the molecule is C=CC[C@H](NC(=O)OC(C)(C)C)c1nc(-c2ccc(NC(=O)O)cc2N=CC(F)(F)F)cn1COCC[Si](C)(C)C. The zero-order chi connectivity index (χ0) is 31.0. The monoisotopic (exact) mass is 597 g/mol. The van der Waals surface area contributed by atoms with E-state index in [0.29, 0.717) is 12.4 Å². The van der Waals surface area contributed by atoms with Gasteiger partial charge in [0.2, 0.25) is 0 Å². The van der Waals surface area contributed by atoms with Crippen molar-refractivity contribution in [3.8, 4) is 11.3 Å². The second kappa shape index (κ2) is 13.8. The van der Waals surface area contributed by atoms with E-state index >= 15 is 0 Å². The summed E-state index contributed by atoms with van der Waals surface area (Å²) in [5.41, 5.74) is -0.436. The van der Waals surface area contributed by atoms with Crippen molar-refractivity contribution in [2.75, 3.05) is 11.9 Å². The predicted octanol–water partition coefficient (Wildman–Crippen LogP) is 7.36. The summed E-state index contributed by atoms with van der Waals surface area (Å²) in [6, 6.07) is 4.19. The first-order valence-corrected chi connectivity index (χ1v) is 16.6. The van der Waals surface area contributed by atoms with Crippen molar-refractivity contribution in [1.29, 1.82) is 0 Å². The molecule has 0 spiro atoms. The van der Waals surface area contributed by atoms with Gasteiger partial charge in [-0.15, -0.1) is 6.58 Å². The molecule has 2 aromatic rings. The van der Waals surface area contributed by atoms with Gasteiger partial charge < -0.3 is 24.5 Å². The van der Waals surface area contributed by atoms with E-state index in [1.807, 2.05) is 0 Å². The number of ether oxygens (including phenoxy) is 2. The molecule has 10 nitrogen and oxygen atoms in total. The number of alkyl halides is 3. The number of hydrogen-bond donors (Lipinski definition) is 3. The number of hydrogen-bond acceptors (Lipinski definition) is 6. The van der Waals surface area contributed by atoms with E-state index in [1.54, 1.807) is 37.6 Å². The fourth-order valence-corrected chi connectivity index (χ4v) is 4.28. The van der Waals surface area contributed by atoms with Gasteiger partial charge in [0.25, 0.3) is 0 Å². The predicted molar refractivity (Wildman–Crippen MR) is 155 cm³/mol. The van der Waals surface area contributed by atoms with E-state index in [4.69, 9.17) is 14.6 Å². The van der Waals surface area contributed by atoms with Gasteiger partial charge in [-0.25, -0.2) is 14.6 Å². The van der Waals surface area contributed by atoms with E-state index in [-0.39, 0.29) is 42.0 Å². The highest BCUT2D eigenvalue weighted by atomic mass is 28.3. The summed E-state index contributed by atoms with van der Waals surface area (Å²) in [5, 5.41) is 13.9. The van der Waals surface area contributed by atoms with Crippen LogP contribution in [0.5, 0.6) is 0 Å². The van der Waals surface area contributed by atoms with E-state index in [0.717, 1.165) is 6.04 Å². The molecule has 0 aliphatic rings. The maximum atomic E-state index is 13.0. The molecule has 0 aliphatic heterocycles. The van der Waals surface area contributed by atoms with Crippen LogP contribution in [0.2, 0.25) is 25.7 Å². The normalized spacial score (nSPS) is 13.2. The van der Waals surface area contributed by atoms with E-state index in [1.165, 1.54) is 18.2 Å². The van der Waals surface area contributed by atoms with Crippen LogP contribution in [0.15, 0.2) is 42.0 Å². The molecule has 41 heavy (non-hydrogen) atoms. The van der Waals surface area contributed by atoms with Crippen LogP contribution in [0.25, 0.3) is 11.3 Å². The highest BCUT2D eigenvalue weighted by Crippen LogP contribution is 2.34. The Kier molecular flexibility index (Phi) is 11.3. The third-order valence-corrected chi connectivity index (χ3v) is 7.02. The van der Waals surface area contributed by atoms with Gasteiger partial charge in [0.15, 0.2) is 0 Å². The van der Waals surface area contributed by atoms with Crippen LogP contribution in [0.1, 0.15) is 39.1 Å². The minimum absolute atomic E-state index is 0.0287. The lowest BCUT2D eigenvalue weighted by molar-refractivity contribution is -0.0535. The van der Waals surface area contributed by atoms with Crippen LogP contribution < -0.4 is 10.6 Å². The van der Waals surface area contributed by atoms with Crippen molar-refractivity contribution in [2.45, 2.75) is 77.4 Å². The molecule has 14 heteroatoms. The smallest absolute Gasteiger partial charge is 0.426 e. The van der Waals surface area contributed by atoms with Crippen LogP contribution in [-0.4, -0.2) is 59.5 Å². The number of aromatic nitrogens is 2. The first kappa shape index (κ1) is 33.6. The molecule has 0 unspecified atom stereocenters. The number of nitrogens with one attached hydrogen (secondary N) is 2. The maximum absolute atomic E-state index is 13.0. The van der Waals surface area contributed by atoms with Gasteiger partial charge in [0, 0.05) is 32.1 Å². The molecule has 1 aromatic heterocycles. The molecule has 3 N–H and O–H groups in total. The van der Waals surface area contributed by atoms with Gasteiger partial charge in [0.1, 0.15) is 24.4 Å². The molecular weight excluding hydrogens is 559 g/mol. The lowest BCUT2D eigenvalue weighted by Gasteiger charge is -2.23. The summed E-state index contributed by atoms with van der Waals surface area (Å²) >= 11 is 0. The Morgan fingerprint density at radius 2 is 1.93 bits per heavy atom. The summed E-state index contributed by atoms with van der Waals surface area (Å²) in [6.07, 6.45) is -3.50. The zero-order valence-corrected chi connectivity index (χ0v) is 25.1. The molecule has 0 saturated carbocycles. The molecule has 226 valence electrons. The lowest BCUT2D eigenvalue weighted by atomic mass is 10.1. The maximum Gasteiger partial charge on any atom is 0.426 e. The van der Waals surface area contributed by atoms with Crippen molar-refractivity contribution >= 4 is 37.8 Å². The van der Waals surface area contributed by atoms with Crippen molar-refractivity contribution in [1.82, 2.24) is 14.9 Å². The third-order valence-electron chi connectivity index (χ3n) is 5.31. The molecule has 1 atom stereocenters. The van der Waals surface area contributed by atoms with E-state index in [9.17, 15) is 22.8 Å². The topological polar surface area (TPSA) is 127 Å². The molecule has 2 rings (SSSR count).